The van der Waals surface area contributed by atoms with E-state index in [1.807, 2.05) is 13.8 Å². The minimum absolute atomic E-state index is 0.0160. The van der Waals surface area contributed by atoms with E-state index in [1.54, 1.807) is 4.90 Å². The van der Waals surface area contributed by atoms with E-state index in [1.165, 1.54) is 0 Å². The normalized spacial score (nSPS) is 21.6. The lowest BCUT2D eigenvalue weighted by atomic mass is 9.96. The van der Waals surface area contributed by atoms with E-state index in [2.05, 4.69) is 5.32 Å². The second-order valence-electron chi connectivity index (χ2n) is 4.68. The highest BCUT2D eigenvalue weighted by Gasteiger charge is 2.33. The fourth-order valence-electron chi connectivity index (χ4n) is 2.23. The van der Waals surface area contributed by atoms with E-state index in [-0.39, 0.29) is 24.3 Å². The minimum Gasteiger partial charge on any atom is -0.368 e. The molecule has 1 aliphatic rings. The molecule has 1 saturated heterocycles. The van der Waals surface area contributed by atoms with Gasteiger partial charge in [0, 0.05) is 12.5 Å². The largest absolute Gasteiger partial charge is 0.368 e. The van der Waals surface area contributed by atoms with Crippen molar-refractivity contribution in [3.63, 3.8) is 0 Å². The standard InChI is InChI=1S/C12H21N3O3/c1-3-9(11(17)14-7-10(13)16)15-6-4-5-8(2)12(15)18/h8-9H,3-7H2,1-2H3,(H2,13,16)(H,14,17)/t8-,9?/m1/s1. The average molecular weight is 255 g/mol. The number of nitrogens with two attached hydrogens (primary N) is 1. The number of hydrogen-bond donors (Lipinski definition) is 2. The Morgan fingerprint density at radius 1 is 1.56 bits per heavy atom. The SMILES string of the molecule is CCC(C(=O)NCC(N)=O)N1CCC[C@@H](C)C1=O. The number of primary amides is 1. The van der Waals surface area contributed by atoms with Gasteiger partial charge in [0.2, 0.25) is 17.7 Å². The first kappa shape index (κ1) is 14.5. The molecule has 0 aromatic rings. The van der Waals surface area contributed by atoms with Crippen LogP contribution in [0, 0.1) is 5.92 Å². The molecule has 0 aliphatic carbocycles. The number of amides is 3. The number of nitrogens with zero attached hydrogens (tertiary/aromatic N) is 1. The first-order chi connectivity index (χ1) is 8.47. The van der Waals surface area contributed by atoms with Crippen LogP contribution < -0.4 is 11.1 Å². The van der Waals surface area contributed by atoms with Gasteiger partial charge in [-0.25, -0.2) is 0 Å². The van der Waals surface area contributed by atoms with E-state index in [0.29, 0.717) is 13.0 Å². The van der Waals surface area contributed by atoms with Gasteiger partial charge in [0.15, 0.2) is 0 Å². The summed E-state index contributed by atoms with van der Waals surface area (Å²) in [6.07, 6.45) is 2.31. The molecule has 0 spiro atoms. The van der Waals surface area contributed by atoms with Crippen molar-refractivity contribution in [2.45, 2.75) is 39.2 Å². The van der Waals surface area contributed by atoms with Gasteiger partial charge in [-0.3, -0.25) is 14.4 Å². The van der Waals surface area contributed by atoms with E-state index in [4.69, 9.17) is 5.73 Å². The summed E-state index contributed by atoms with van der Waals surface area (Å²) in [6.45, 7) is 4.14. The molecule has 0 bridgehead atoms. The smallest absolute Gasteiger partial charge is 0.243 e. The third-order valence-corrected chi connectivity index (χ3v) is 3.24. The Bertz CT molecular complexity index is 343. The van der Waals surface area contributed by atoms with Crippen LogP contribution in [0.5, 0.6) is 0 Å². The monoisotopic (exact) mass is 255 g/mol. The molecule has 6 heteroatoms. The van der Waals surface area contributed by atoms with Crippen molar-refractivity contribution in [2.24, 2.45) is 11.7 Å². The van der Waals surface area contributed by atoms with Crippen LogP contribution in [-0.2, 0) is 14.4 Å². The zero-order valence-corrected chi connectivity index (χ0v) is 10.9. The van der Waals surface area contributed by atoms with E-state index in [9.17, 15) is 14.4 Å². The first-order valence-corrected chi connectivity index (χ1v) is 6.33. The summed E-state index contributed by atoms with van der Waals surface area (Å²) in [6, 6.07) is -0.500. The number of carbonyl (C=O) groups is 3. The number of nitrogens with one attached hydrogen (secondary N) is 1. The van der Waals surface area contributed by atoms with Crippen LogP contribution in [0.2, 0.25) is 0 Å². The van der Waals surface area contributed by atoms with Crippen molar-refractivity contribution < 1.29 is 14.4 Å². The van der Waals surface area contributed by atoms with Gasteiger partial charge in [0.25, 0.3) is 0 Å². The van der Waals surface area contributed by atoms with Gasteiger partial charge >= 0.3 is 0 Å². The third-order valence-electron chi connectivity index (χ3n) is 3.24. The Labute approximate surface area is 107 Å². The number of piperidine rings is 1. The summed E-state index contributed by atoms with van der Waals surface area (Å²) < 4.78 is 0. The van der Waals surface area contributed by atoms with Gasteiger partial charge in [0.05, 0.1) is 6.54 Å². The third kappa shape index (κ3) is 3.45. The molecular weight excluding hydrogens is 234 g/mol. The molecule has 0 aromatic heterocycles. The fourth-order valence-corrected chi connectivity index (χ4v) is 2.23. The van der Waals surface area contributed by atoms with Crippen LogP contribution in [0.25, 0.3) is 0 Å². The van der Waals surface area contributed by atoms with Crippen LogP contribution in [0.15, 0.2) is 0 Å². The molecule has 2 atom stereocenters. The maximum absolute atomic E-state index is 12.0. The quantitative estimate of drug-likeness (QED) is 0.701. The zero-order valence-electron chi connectivity index (χ0n) is 10.9. The molecule has 1 unspecified atom stereocenters. The first-order valence-electron chi connectivity index (χ1n) is 6.33. The Kier molecular flexibility index (Phi) is 5.12. The molecule has 102 valence electrons. The molecule has 1 fully saturated rings. The molecule has 1 heterocycles. The van der Waals surface area contributed by atoms with E-state index < -0.39 is 11.9 Å². The number of hydrogen-bond acceptors (Lipinski definition) is 3. The summed E-state index contributed by atoms with van der Waals surface area (Å²) in [4.78, 5) is 36.2. The summed E-state index contributed by atoms with van der Waals surface area (Å²) in [5.74, 6) is -0.908. The predicted octanol–water partition coefficient (Wildman–Crippen LogP) is -0.375. The maximum Gasteiger partial charge on any atom is 0.243 e. The molecule has 6 nitrogen and oxygen atoms in total. The summed E-state index contributed by atoms with van der Waals surface area (Å²) in [7, 11) is 0. The van der Waals surface area contributed by atoms with Crippen molar-refractivity contribution >= 4 is 17.7 Å². The maximum atomic E-state index is 12.0. The van der Waals surface area contributed by atoms with Gasteiger partial charge in [0.1, 0.15) is 6.04 Å². The summed E-state index contributed by atoms with van der Waals surface area (Å²) >= 11 is 0. The molecule has 1 rings (SSSR count). The lowest BCUT2D eigenvalue weighted by molar-refractivity contribution is -0.146. The highest BCUT2D eigenvalue weighted by atomic mass is 16.2. The van der Waals surface area contributed by atoms with Gasteiger partial charge in [-0.2, -0.15) is 0 Å². The van der Waals surface area contributed by atoms with Gasteiger partial charge in [-0.15, -0.1) is 0 Å². The Morgan fingerprint density at radius 2 is 2.22 bits per heavy atom. The second kappa shape index (κ2) is 6.37. The minimum atomic E-state index is -0.587. The van der Waals surface area contributed by atoms with Gasteiger partial charge in [-0.1, -0.05) is 13.8 Å². The fraction of sp³-hybridized carbons (Fsp3) is 0.750. The molecule has 1 aliphatic heterocycles. The highest BCUT2D eigenvalue weighted by molar-refractivity contribution is 5.90. The van der Waals surface area contributed by atoms with Crippen LogP contribution in [0.1, 0.15) is 33.1 Å². The van der Waals surface area contributed by atoms with Gasteiger partial charge in [-0.05, 0) is 19.3 Å². The van der Waals surface area contributed by atoms with Crippen LogP contribution in [-0.4, -0.2) is 41.8 Å². The van der Waals surface area contributed by atoms with Crippen LogP contribution >= 0.6 is 0 Å². The molecule has 0 aromatic carbocycles. The van der Waals surface area contributed by atoms with E-state index in [0.717, 1.165) is 12.8 Å². The number of rotatable bonds is 5. The number of likely N-dealkylation sites (tertiary alicyclic amines) is 1. The van der Waals surface area contributed by atoms with E-state index >= 15 is 0 Å². The number of carbonyl (C=O) groups excluding carboxylic acids is 3. The Morgan fingerprint density at radius 3 is 2.78 bits per heavy atom. The lowest BCUT2D eigenvalue weighted by Crippen LogP contribution is -2.53. The topological polar surface area (TPSA) is 92.5 Å². The van der Waals surface area contributed by atoms with Crippen LogP contribution in [0.4, 0.5) is 0 Å². The van der Waals surface area contributed by atoms with Gasteiger partial charge < -0.3 is 16.0 Å². The highest BCUT2D eigenvalue weighted by Crippen LogP contribution is 2.20. The van der Waals surface area contributed by atoms with Crippen molar-refractivity contribution in [3.8, 4) is 0 Å². The lowest BCUT2D eigenvalue weighted by Gasteiger charge is -2.35. The van der Waals surface area contributed by atoms with Crippen molar-refractivity contribution in [1.82, 2.24) is 10.2 Å². The Hall–Kier alpha value is -1.59. The molecule has 18 heavy (non-hydrogen) atoms. The second-order valence-corrected chi connectivity index (χ2v) is 4.68. The Balaban J connectivity index is 2.66. The molecule has 3 amide bonds. The van der Waals surface area contributed by atoms with Crippen LogP contribution in [0.3, 0.4) is 0 Å². The summed E-state index contributed by atoms with van der Waals surface area (Å²) in [5, 5.41) is 2.46. The van der Waals surface area contributed by atoms with Crippen molar-refractivity contribution in [1.29, 1.82) is 0 Å². The van der Waals surface area contributed by atoms with Crippen molar-refractivity contribution in [3.05, 3.63) is 0 Å². The molecule has 3 N–H and O–H groups in total. The molecule has 0 radical (unpaired) electrons. The summed E-state index contributed by atoms with van der Waals surface area (Å²) in [5.41, 5.74) is 4.98. The average Bonchev–Trinajstić information content (AvgIpc) is 2.32. The predicted molar refractivity (Wildman–Crippen MR) is 66.4 cm³/mol. The zero-order chi connectivity index (χ0) is 13.7. The van der Waals surface area contributed by atoms with Crippen molar-refractivity contribution in [2.75, 3.05) is 13.1 Å². The molecule has 0 saturated carbocycles. The molecular formula is C12H21N3O3.